The van der Waals surface area contributed by atoms with Gasteiger partial charge in [-0.15, -0.1) is 11.3 Å². The Bertz CT molecular complexity index is 576. The topological polar surface area (TPSA) is 49.3 Å². The normalized spacial score (nSPS) is 12.4. The fraction of sp³-hybridized carbons (Fsp3) is 0.389. The maximum Gasteiger partial charge on any atom is 0.220 e. The number of hydrogen-bond acceptors (Lipinski definition) is 3. The first kappa shape index (κ1) is 16.7. The first-order valence-electron chi connectivity index (χ1n) is 7.63. The molecular weight excluding hydrogens is 294 g/mol. The molecule has 0 saturated heterocycles. The van der Waals surface area contributed by atoms with Gasteiger partial charge in [0.05, 0.1) is 6.10 Å². The van der Waals surface area contributed by atoms with Crippen LogP contribution in [0.25, 0.3) is 0 Å². The molecule has 0 saturated carbocycles. The summed E-state index contributed by atoms with van der Waals surface area (Å²) >= 11 is 1.66. The van der Waals surface area contributed by atoms with Gasteiger partial charge in [-0.1, -0.05) is 44.2 Å². The fourth-order valence-electron chi connectivity index (χ4n) is 2.21. The van der Waals surface area contributed by atoms with Gasteiger partial charge in [-0.2, -0.15) is 0 Å². The average Bonchev–Trinajstić information content (AvgIpc) is 3.04. The first-order chi connectivity index (χ1) is 10.6. The van der Waals surface area contributed by atoms with E-state index in [1.54, 1.807) is 11.3 Å². The minimum absolute atomic E-state index is 0.0220. The zero-order chi connectivity index (χ0) is 15.9. The summed E-state index contributed by atoms with van der Waals surface area (Å²) in [5, 5.41) is 14.9. The van der Waals surface area contributed by atoms with E-state index < -0.39 is 6.10 Å². The molecule has 118 valence electrons. The minimum Gasteiger partial charge on any atom is -0.387 e. The highest BCUT2D eigenvalue weighted by molar-refractivity contribution is 7.09. The van der Waals surface area contributed by atoms with Crippen molar-refractivity contribution in [3.63, 3.8) is 0 Å². The van der Waals surface area contributed by atoms with Crippen LogP contribution < -0.4 is 5.32 Å². The lowest BCUT2D eigenvalue weighted by Gasteiger charge is -2.13. The van der Waals surface area contributed by atoms with E-state index in [-0.39, 0.29) is 12.5 Å². The molecule has 2 N–H and O–H groups in total. The second-order valence-electron chi connectivity index (χ2n) is 5.72. The number of hydrogen-bond donors (Lipinski definition) is 2. The van der Waals surface area contributed by atoms with Crippen molar-refractivity contribution in [3.8, 4) is 0 Å². The van der Waals surface area contributed by atoms with Gasteiger partial charge in [0.25, 0.3) is 0 Å². The van der Waals surface area contributed by atoms with Gasteiger partial charge in [-0.05, 0) is 34.9 Å². The summed E-state index contributed by atoms with van der Waals surface area (Å²) in [6, 6.07) is 11.9. The van der Waals surface area contributed by atoms with E-state index in [9.17, 15) is 9.90 Å². The van der Waals surface area contributed by atoms with Crippen LogP contribution in [0.4, 0.5) is 0 Å². The zero-order valence-corrected chi connectivity index (χ0v) is 13.9. The van der Waals surface area contributed by atoms with E-state index in [0.29, 0.717) is 12.3 Å². The molecule has 2 rings (SSSR count). The van der Waals surface area contributed by atoms with Crippen LogP contribution in [-0.2, 0) is 11.2 Å². The number of nitrogens with one attached hydrogen (secondary N) is 1. The van der Waals surface area contributed by atoms with E-state index in [0.717, 1.165) is 12.0 Å². The van der Waals surface area contributed by atoms with E-state index in [1.807, 2.05) is 41.8 Å². The highest BCUT2D eigenvalue weighted by atomic mass is 32.1. The fourth-order valence-corrected chi connectivity index (χ4v) is 2.92. The Morgan fingerprint density at radius 1 is 1.18 bits per heavy atom. The van der Waals surface area contributed by atoms with Crippen molar-refractivity contribution in [1.82, 2.24) is 5.32 Å². The second-order valence-corrected chi connectivity index (χ2v) is 6.75. The molecule has 1 unspecified atom stereocenters. The van der Waals surface area contributed by atoms with Crippen LogP contribution in [0.2, 0.25) is 0 Å². The third-order valence-electron chi connectivity index (χ3n) is 3.66. The monoisotopic (exact) mass is 317 g/mol. The maximum absolute atomic E-state index is 11.8. The van der Waals surface area contributed by atoms with E-state index >= 15 is 0 Å². The van der Waals surface area contributed by atoms with Gasteiger partial charge in [0.2, 0.25) is 5.91 Å². The molecule has 1 amide bonds. The van der Waals surface area contributed by atoms with Gasteiger partial charge in [-0.3, -0.25) is 4.79 Å². The number of rotatable bonds is 7. The molecule has 3 nitrogen and oxygen atoms in total. The van der Waals surface area contributed by atoms with Crippen LogP contribution in [0.5, 0.6) is 0 Å². The number of benzene rings is 1. The van der Waals surface area contributed by atoms with Crippen LogP contribution >= 0.6 is 11.3 Å². The molecule has 1 heterocycles. The van der Waals surface area contributed by atoms with E-state index in [2.05, 4.69) is 19.2 Å². The molecule has 0 radical (unpaired) electrons. The van der Waals surface area contributed by atoms with Crippen LogP contribution in [0, 0.1) is 0 Å². The molecule has 0 fully saturated rings. The Morgan fingerprint density at radius 3 is 2.45 bits per heavy atom. The van der Waals surface area contributed by atoms with Crippen molar-refractivity contribution in [3.05, 3.63) is 57.8 Å². The third-order valence-corrected chi connectivity index (χ3v) is 4.60. The first-order valence-corrected chi connectivity index (χ1v) is 8.51. The molecule has 2 aromatic rings. The molecule has 0 aliphatic rings. The quantitative estimate of drug-likeness (QED) is 0.819. The number of thiophene rings is 1. The predicted octanol–water partition coefficient (Wildman–Crippen LogP) is 3.65. The lowest BCUT2D eigenvalue weighted by molar-refractivity contribution is -0.121. The molecule has 1 atom stereocenters. The van der Waals surface area contributed by atoms with E-state index in [1.165, 1.54) is 10.4 Å². The summed E-state index contributed by atoms with van der Waals surface area (Å²) in [5.41, 5.74) is 2.08. The number of amides is 1. The second kappa shape index (κ2) is 8.11. The highest BCUT2D eigenvalue weighted by Crippen LogP contribution is 2.18. The number of aliphatic hydroxyl groups is 1. The van der Waals surface area contributed by atoms with Crippen molar-refractivity contribution in [2.24, 2.45) is 0 Å². The molecule has 4 heteroatoms. The highest BCUT2D eigenvalue weighted by Gasteiger charge is 2.10. The molecule has 0 aliphatic heterocycles. The van der Waals surface area contributed by atoms with Gasteiger partial charge in [-0.25, -0.2) is 0 Å². The Labute approximate surface area is 136 Å². The minimum atomic E-state index is -0.660. The average molecular weight is 317 g/mol. The zero-order valence-electron chi connectivity index (χ0n) is 13.1. The molecule has 22 heavy (non-hydrogen) atoms. The summed E-state index contributed by atoms with van der Waals surface area (Å²) in [4.78, 5) is 13.0. The smallest absolute Gasteiger partial charge is 0.220 e. The Kier molecular flexibility index (Phi) is 6.16. The van der Waals surface area contributed by atoms with Crippen LogP contribution in [0.3, 0.4) is 0 Å². The lowest BCUT2D eigenvalue weighted by atomic mass is 10.00. The molecule has 0 bridgehead atoms. The van der Waals surface area contributed by atoms with Gasteiger partial charge < -0.3 is 10.4 Å². The Hall–Kier alpha value is -1.65. The predicted molar refractivity (Wildman–Crippen MR) is 91.1 cm³/mol. The van der Waals surface area contributed by atoms with Crippen molar-refractivity contribution in [2.45, 2.75) is 38.7 Å². The Morgan fingerprint density at radius 2 is 1.86 bits per heavy atom. The molecule has 0 spiro atoms. The van der Waals surface area contributed by atoms with Crippen LogP contribution in [0.15, 0.2) is 41.8 Å². The van der Waals surface area contributed by atoms with Crippen LogP contribution in [-0.4, -0.2) is 17.6 Å². The van der Waals surface area contributed by atoms with Crippen molar-refractivity contribution in [2.75, 3.05) is 6.54 Å². The SMILES string of the molecule is CC(C)c1ccc(C(O)CNC(=O)CCc2cccs2)cc1. The van der Waals surface area contributed by atoms with Crippen molar-refractivity contribution >= 4 is 17.2 Å². The van der Waals surface area contributed by atoms with Crippen molar-refractivity contribution in [1.29, 1.82) is 0 Å². The molecule has 1 aromatic carbocycles. The van der Waals surface area contributed by atoms with Crippen LogP contribution in [0.1, 0.15) is 48.3 Å². The standard InChI is InChI=1S/C18H23NO2S/c1-13(2)14-5-7-15(8-6-14)17(20)12-19-18(21)10-9-16-4-3-11-22-16/h3-8,11,13,17,20H,9-10,12H2,1-2H3,(H,19,21). The maximum atomic E-state index is 11.8. The van der Waals surface area contributed by atoms with Crippen molar-refractivity contribution < 1.29 is 9.90 Å². The molecule has 1 aromatic heterocycles. The summed E-state index contributed by atoms with van der Waals surface area (Å²) < 4.78 is 0. The largest absolute Gasteiger partial charge is 0.387 e. The molecular formula is C18H23NO2S. The van der Waals surface area contributed by atoms with Gasteiger partial charge in [0.15, 0.2) is 0 Å². The molecule has 0 aliphatic carbocycles. The summed E-state index contributed by atoms with van der Waals surface area (Å²) in [6.07, 6.45) is 0.550. The summed E-state index contributed by atoms with van der Waals surface area (Å²) in [5.74, 6) is 0.453. The van der Waals surface area contributed by atoms with E-state index in [4.69, 9.17) is 0 Å². The van der Waals surface area contributed by atoms with Gasteiger partial charge >= 0.3 is 0 Å². The van der Waals surface area contributed by atoms with Gasteiger partial charge in [0, 0.05) is 17.8 Å². The number of carbonyl (C=O) groups is 1. The Balaban J connectivity index is 1.76. The number of aliphatic hydroxyl groups excluding tert-OH is 1. The number of aryl methyl sites for hydroxylation is 1. The summed E-state index contributed by atoms with van der Waals surface area (Å²) in [7, 11) is 0. The lowest BCUT2D eigenvalue weighted by Crippen LogP contribution is -2.28. The van der Waals surface area contributed by atoms with Gasteiger partial charge in [0.1, 0.15) is 0 Å². The summed E-state index contributed by atoms with van der Waals surface area (Å²) in [6.45, 7) is 4.53. The third kappa shape index (κ3) is 4.97. The number of carbonyl (C=O) groups excluding carboxylic acids is 1.